The lowest BCUT2D eigenvalue weighted by Gasteiger charge is -2.08. The minimum atomic E-state index is -1.50. The molecule has 7 heteroatoms. The third-order valence-corrected chi connectivity index (χ3v) is 2.43. The topological polar surface area (TPSA) is 90.2 Å². The summed E-state index contributed by atoms with van der Waals surface area (Å²) in [4.78, 5) is 22.0. The van der Waals surface area contributed by atoms with Gasteiger partial charge in [0.15, 0.2) is 5.82 Å². The van der Waals surface area contributed by atoms with E-state index in [4.69, 9.17) is 10.4 Å². The van der Waals surface area contributed by atoms with Gasteiger partial charge in [0.1, 0.15) is 12.0 Å². The van der Waals surface area contributed by atoms with Crippen molar-refractivity contribution in [1.29, 1.82) is 5.26 Å². The van der Waals surface area contributed by atoms with Gasteiger partial charge in [0.25, 0.3) is 0 Å². The number of carbonyl (C=O) groups is 2. The fraction of sp³-hybridized carbons (Fsp3) is 0.100. The lowest BCUT2D eigenvalue weighted by molar-refractivity contribution is -0.115. The molecule has 0 saturated heterocycles. The Hall–Kier alpha value is -1.94. The maximum Gasteiger partial charge on any atom is 0.340 e. The van der Waals surface area contributed by atoms with Crippen molar-refractivity contribution in [2.24, 2.45) is 0 Å². The van der Waals surface area contributed by atoms with Gasteiger partial charge in [-0.05, 0) is 28.1 Å². The van der Waals surface area contributed by atoms with Crippen molar-refractivity contribution < 1.29 is 19.1 Å². The standard InChI is InChI=1S/C10H6BrFN2O3/c11-5-1-2-6(14-7(15)3-4-13)8(9(5)12)10(16)17/h1-2H,3H2,(H,14,15)(H,16,17). The Morgan fingerprint density at radius 3 is 2.71 bits per heavy atom. The van der Waals surface area contributed by atoms with E-state index in [-0.39, 0.29) is 10.2 Å². The second-order valence-electron chi connectivity index (χ2n) is 2.97. The van der Waals surface area contributed by atoms with Gasteiger partial charge in [-0.3, -0.25) is 4.79 Å². The van der Waals surface area contributed by atoms with Crippen molar-refractivity contribution in [2.75, 3.05) is 5.32 Å². The Morgan fingerprint density at radius 1 is 1.53 bits per heavy atom. The van der Waals surface area contributed by atoms with Crippen molar-refractivity contribution in [1.82, 2.24) is 0 Å². The van der Waals surface area contributed by atoms with Crippen LogP contribution in [0.2, 0.25) is 0 Å². The van der Waals surface area contributed by atoms with Crippen LogP contribution in [0.15, 0.2) is 16.6 Å². The Morgan fingerprint density at radius 2 is 2.18 bits per heavy atom. The number of halogens is 2. The SMILES string of the molecule is N#CCC(=O)Nc1ccc(Br)c(F)c1C(=O)O. The molecule has 17 heavy (non-hydrogen) atoms. The minimum absolute atomic E-state index is 0.0202. The van der Waals surface area contributed by atoms with Crippen LogP contribution in [0.3, 0.4) is 0 Å². The first-order valence-electron chi connectivity index (χ1n) is 4.35. The Balaban J connectivity index is 3.17. The molecule has 0 saturated carbocycles. The molecule has 0 radical (unpaired) electrons. The van der Waals surface area contributed by atoms with Crippen LogP contribution in [-0.4, -0.2) is 17.0 Å². The average molecular weight is 301 g/mol. The molecule has 0 fully saturated rings. The van der Waals surface area contributed by atoms with Gasteiger partial charge in [-0.15, -0.1) is 0 Å². The van der Waals surface area contributed by atoms with Gasteiger partial charge in [-0.1, -0.05) is 0 Å². The zero-order chi connectivity index (χ0) is 13.0. The molecule has 0 aliphatic heterocycles. The summed E-state index contributed by atoms with van der Waals surface area (Å²) in [6.07, 6.45) is -0.434. The van der Waals surface area contributed by atoms with Gasteiger partial charge in [0.05, 0.1) is 16.2 Å². The summed E-state index contributed by atoms with van der Waals surface area (Å²) in [5.41, 5.74) is -0.830. The number of nitrogens with zero attached hydrogens (tertiary/aromatic N) is 1. The molecule has 0 aromatic heterocycles. The van der Waals surface area contributed by atoms with Gasteiger partial charge < -0.3 is 10.4 Å². The summed E-state index contributed by atoms with van der Waals surface area (Å²) in [6.45, 7) is 0. The van der Waals surface area contributed by atoms with Gasteiger partial charge in [-0.25, -0.2) is 9.18 Å². The largest absolute Gasteiger partial charge is 0.478 e. The molecule has 0 heterocycles. The van der Waals surface area contributed by atoms with Gasteiger partial charge in [0.2, 0.25) is 5.91 Å². The number of amides is 1. The second kappa shape index (κ2) is 5.41. The van der Waals surface area contributed by atoms with Crippen molar-refractivity contribution in [3.63, 3.8) is 0 Å². The molecule has 0 aliphatic rings. The van der Waals surface area contributed by atoms with Gasteiger partial charge >= 0.3 is 5.97 Å². The first kappa shape index (κ1) is 13.1. The highest BCUT2D eigenvalue weighted by Gasteiger charge is 2.19. The number of carboxylic acid groups (broad SMARTS) is 1. The van der Waals surface area contributed by atoms with E-state index in [1.54, 1.807) is 6.07 Å². The van der Waals surface area contributed by atoms with Crippen LogP contribution in [0.1, 0.15) is 16.8 Å². The van der Waals surface area contributed by atoms with Crippen LogP contribution in [0.5, 0.6) is 0 Å². The number of carbonyl (C=O) groups excluding carboxylic acids is 1. The van der Waals surface area contributed by atoms with Crippen molar-refractivity contribution in [2.45, 2.75) is 6.42 Å². The van der Waals surface area contributed by atoms with Crippen LogP contribution in [0, 0.1) is 17.1 Å². The maximum absolute atomic E-state index is 13.5. The molecule has 1 aromatic carbocycles. The first-order valence-corrected chi connectivity index (χ1v) is 5.14. The molecular formula is C10H6BrFN2O3. The van der Waals surface area contributed by atoms with E-state index in [9.17, 15) is 14.0 Å². The van der Waals surface area contributed by atoms with E-state index >= 15 is 0 Å². The number of anilines is 1. The normalized spacial score (nSPS) is 9.47. The Kier molecular flexibility index (Phi) is 4.17. The summed E-state index contributed by atoms with van der Waals surface area (Å²) in [7, 11) is 0. The van der Waals surface area contributed by atoms with Crippen LogP contribution in [0.25, 0.3) is 0 Å². The van der Waals surface area contributed by atoms with Crippen molar-refractivity contribution in [3.05, 3.63) is 28.0 Å². The fourth-order valence-corrected chi connectivity index (χ4v) is 1.46. The summed E-state index contributed by atoms with van der Waals surface area (Å²) < 4.78 is 13.5. The van der Waals surface area contributed by atoms with Crippen molar-refractivity contribution >= 4 is 33.5 Å². The molecule has 0 unspecified atom stereocenters. The van der Waals surface area contributed by atoms with E-state index in [2.05, 4.69) is 21.2 Å². The number of hydrogen-bond acceptors (Lipinski definition) is 3. The Labute approximate surface area is 104 Å². The van der Waals surface area contributed by atoms with Crippen molar-refractivity contribution in [3.8, 4) is 6.07 Å². The highest BCUT2D eigenvalue weighted by atomic mass is 79.9. The molecule has 88 valence electrons. The van der Waals surface area contributed by atoms with Crippen LogP contribution >= 0.6 is 15.9 Å². The summed E-state index contributed by atoms with van der Waals surface area (Å²) in [5, 5.41) is 19.3. The number of nitriles is 1. The predicted molar refractivity (Wildman–Crippen MR) is 59.9 cm³/mol. The zero-order valence-electron chi connectivity index (χ0n) is 8.33. The van der Waals surface area contributed by atoms with E-state index in [0.717, 1.165) is 0 Å². The maximum atomic E-state index is 13.5. The number of hydrogen-bond donors (Lipinski definition) is 2. The van der Waals surface area contributed by atoms with E-state index < -0.39 is 29.7 Å². The van der Waals surface area contributed by atoms with Crippen LogP contribution in [-0.2, 0) is 4.79 Å². The van der Waals surface area contributed by atoms with Crippen LogP contribution in [0.4, 0.5) is 10.1 Å². The highest BCUT2D eigenvalue weighted by molar-refractivity contribution is 9.10. The molecule has 2 N–H and O–H groups in total. The third-order valence-electron chi connectivity index (χ3n) is 1.82. The molecule has 0 atom stereocenters. The lowest BCUT2D eigenvalue weighted by atomic mass is 10.1. The van der Waals surface area contributed by atoms with E-state index in [1.165, 1.54) is 12.1 Å². The highest BCUT2D eigenvalue weighted by Crippen LogP contribution is 2.26. The fourth-order valence-electron chi connectivity index (χ4n) is 1.13. The third kappa shape index (κ3) is 3.01. The van der Waals surface area contributed by atoms with Gasteiger partial charge in [0, 0.05) is 0 Å². The Bertz CT molecular complexity index is 525. The molecule has 0 aliphatic carbocycles. The minimum Gasteiger partial charge on any atom is -0.478 e. The van der Waals surface area contributed by atoms with Crippen LogP contribution < -0.4 is 5.32 Å². The number of nitrogens with one attached hydrogen (secondary N) is 1. The molecule has 0 bridgehead atoms. The van der Waals surface area contributed by atoms with E-state index in [0.29, 0.717) is 0 Å². The summed E-state index contributed by atoms with van der Waals surface area (Å²) in [6, 6.07) is 4.11. The van der Waals surface area contributed by atoms with Gasteiger partial charge in [-0.2, -0.15) is 5.26 Å². The molecule has 1 rings (SSSR count). The quantitative estimate of drug-likeness (QED) is 0.895. The second-order valence-corrected chi connectivity index (χ2v) is 3.83. The van der Waals surface area contributed by atoms with E-state index in [1.807, 2.05) is 0 Å². The number of aromatic carboxylic acids is 1. The monoisotopic (exact) mass is 300 g/mol. The molecule has 0 spiro atoms. The molecular weight excluding hydrogens is 295 g/mol. The first-order chi connectivity index (χ1) is 7.97. The summed E-state index contributed by atoms with van der Waals surface area (Å²) in [5.74, 6) is -3.18. The summed E-state index contributed by atoms with van der Waals surface area (Å²) >= 11 is 2.84. The lowest BCUT2D eigenvalue weighted by Crippen LogP contribution is -2.15. The molecule has 1 aromatic rings. The molecule has 5 nitrogen and oxygen atoms in total. The zero-order valence-corrected chi connectivity index (χ0v) is 9.91. The number of carboxylic acids is 1. The molecule has 1 amide bonds. The average Bonchev–Trinajstić information content (AvgIpc) is 2.23. The number of benzene rings is 1. The predicted octanol–water partition coefficient (Wildman–Crippen LogP) is 2.14. The number of rotatable bonds is 3. The smallest absolute Gasteiger partial charge is 0.340 e.